The zero-order valence-electron chi connectivity index (χ0n) is 26.0. The Bertz CT molecular complexity index is 1590. The fourth-order valence-corrected chi connectivity index (χ4v) is 4.87. The Morgan fingerprint density at radius 2 is 1.72 bits per heavy atom. The number of anilines is 2. The van der Waals surface area contributed by atoms with Gasteiger partial charge in [0.05, 0.1) is 5.69 Å². The van der Waals surface area contributed by atoms with Gasteiger partial charge in [0.1, 0.15) is 17.8 Å². The van der Waals surface area contributed by atoms with Gasteiger partial charge in [0.25, 0.3) is 17.4 Å². The Labute approximate surface area is 260 Å². The van der Waals surface area contributed by atoms with Crippen molar-refractivity contribution in [1.29, 1.82) is 0 Å². The third kappa shape index (κ3) is 7.56. The molecule has 0 aliphatic carbocycles. The molecule has 1 fully saturated rings. The molecular formula is C27H37F5N10O4. The number of nitrogens with one attached hydrogen (secondary N) is 2. The highest BCUT2D eigenvalue weighted by Gasteiger charge is 2.56. The van der Waals surface area contributed by atoms with Crippen LogP contribution in [0.3, 0.4) is 0 Å². The van der Waals surface area contributed by atoms with Crippen molar-refractivity contribution in [2.45, 2.75) is 51.8 Å². The van der Waals surface area contributed by atoms with Crippen LogP contribution in [0.25, 0.3) is 5.78 Å². The number of hydrogen-bond acceptors (Lipinski definition) is 9. The predicted molar refractivity (Wildman–Crippen MR) is 158 cm³/mol. The van der Waals surface area contributed by atoms with Crippen molar-refractivity contribution in [3.05, 3.63) is 39.6 Å². The molecule has 0 radical (unpaired) electrons. The molecule has 0 saturated carbocycles. The van der Waals surface area contributed by atoms with Gasteiger partial charge in [-0.25, -0.2) is 0 Å². The number of allylic oxidation sites excluding steroid dienone is 2. The van der Waals surface area contributed by atoms with E-state index >= 15 is 0 Å². The van der Waals surface area contributed by atoms with Crippen molar-refractivity contribution in [2.75, 3.05) is 57.1 Å². The quantitative estimate of drug-likeness (QED) is 0.129. The lowest BCUT2D eigenvalue weighted by molar-refractivity contribution is -0.284. The van der Waals surface area contributed by atoms with Crippen LogP contribution in [0.15, 0.2) is 28.3 Å². The summed E-state index contributed by atoms with van der Waals surface area (Å²) in [5.41, 5.74) is 5.00. The molecule has 0 aromatic carbocycles. The average Bonchev–Trinajstić information content (AvgIpc) is 3.45. The highest BCUT2D eigenvalue weighted by molar-refractivity contribution is 6.17. The van der Waals surface area contributed by atoms with E-state index in [-0.39, 0.29) is 61.3 Å². The first-order chi connectivity index (χ1) is 21.5. The summed E-state index contributed by atoms with van der Waals surface area (Å²) in [5, 5.41) is 9.29. The van der Waals surface area contributed by atoms with Crippen LogP contribution in [0.1, 0.15) is 32.4 Å². The lowest BCUT2D eigenvalue weighted by Gasteiger charge is -2.37. The van der Waals surface area contributed by atoms with Crippen molar-refractivity contribution >= 4 is 35.1 Å². The molecule has 0 unspecified atom stereocenters. The SMILES string of the molecule is C/C=C(\CCC(F)(F)C(F)(F)F)NC(=O)Cn1c(CC)c(N2CCN(C(=O)/C(=C/NC)C(N)=O)CC2)c(=O)n2nc(N(C)C)nc12. The van der Waals surface area contributed by atoms with Gasteiger partial charge in [-0.3, -0.25) is 19.2 Å². The highest BCUT2D eigenvalue weighted by Crippen LogP contribution is 2.39. The number of primary amides is 1. The first-order valence-electron chi connectivity index (χ1n) is 14.3. The van der Waals surface area contributed by atoms with E-state index < -0.39 is 54.8 Å². The smallest absolute Gasteiger partial charge is 0.393 e. The van der Waals surface area contributed by atoms with Gasteiger partial charge in [0.2, 0.25) is 17.6 Å². The lowest BCUT2D eigenvalue weighted by atomic mass is 10.1. The van der Waals surface area contributed by atoms with Gasteiger partial charge in [0, 0.05) is 65.6 Å². The van der Waals surface area contributed by atoms with E-state index in [0.717, 1.165) is 4.52 Å². The van der Waals surface area contributed by atoms with Gasteiger partial charge in [-0.05, 0) is 19.8 Å². The topological polar surface area (TPSA) is 163 Å². The molecule has 254 valence electrons. The number of amides is 3. The van der Waals surface area contributed by atoms with Crippen LogP contribution in [0.4, 0.5) is 33.6 Å². The largest absolute Gasteiger partial charge is 0.453 e. The number of halogens is 5. The zero-order valence-corrected chi connectivity index (χ0v) is 26.0. The Balaban J connectivity index is 1.96. The van der Waals surface area contributed by atoms with Gasteiger partial charge in [-0.2, -0.15) is 31.5 Å². The van der Waals surface area contributed by atoms with Crippen molar-refractivity contribution in [3.8, 4) is 0 Å². The van der Waals surface area contributed by atoms with Crippen molar-refractivity contribution in [2.24, 2.45) is 5.73 Å². The van der Waals surface area contributed by atoms with Gasteiger partial charge >= 0.3 is 12.1 Å². The minimum atomic E-state index is -5.73. The molecule has 1 aliphatic rings. The molecule has 3 heterocycles. The van der Waals surface area contributed by atoms with E-state index in [1.165, 1.54) is 35.7 Å². The van der Waals surface area contributed by atoms with Crippen molar-refractivity contribution in [1.82, 2.24) is 34.7 Å². The average molecular weight is 661 g/mol. The Hall–Kier alpha value is -4.71. The van der Waals surface area contributed by atoms with E-state index in [1.807, 2.05) is 0 Å². The summed E-state index contributed by atoms with van der Waals surface area (Å²) in [6, 6.07) is 0. The first kappa shape index (κ1) is 35.8. The van der Waals surface area contributed by atoms with Crippen LogP contribution in [0, 0.1) is 0 Å². The van der Waals surface area contributed by atoms with E-state index in [1.54, 1.807) is 30.8 Å². The number of hydrogen-bond donors (Lipinski definition) is 3. The molecule has 0 atom stereocenters. The summed E-state index contributed by atoms with van der Waals surface area (Å²) in [5.74, 6) is -7.02. The summed E-state index contributed by atoms with van der Waals surface area (Å²) in [6.07, 6.45) is -5.37. The molecule has 1 saturated heterocycles. The van der Waals surface area contributed by atoms with E-state index in [9.17, 15) is 41.1 Å². The van der Waals surface area contributed by atoms with E-state index in [4.69, 9.17) is 5.73 Å². The Kier molecular flexibility index (Phi) is 11.0. The van der Waals surface area contributed by atoms with Gasteiger partial charge < -0.3 is 35.6 Å². The van der Waals surface area contributed by atoms with Crippen LogP contribution in [0.5, 0.6) is 0 Å². The summed E-state index contributed by atoms with van der Waals surface area (Å²) in [4.78, 5) is 60.8. The van der Waals surface area contributed by atoms with Gasteiger partial charge in [-0.15, -0.1) is 5.10 Å². The minimum Gasteiger partial charge on any atom is -0.393 e. The van der Waals surface area contributed by atoms with E-state index in [0.29, 0.717) is 5.69 Å². The summed E-state index contributed by atoms with van der Waals surface area (Å²) in [7, 11) is 4.80. The van der Waals surface area contributed by atoms with Crippen molar-refractivity contribution in [3.63, 3.8) is 0 Å². The zero-order chi connectivity index (χ0) is 34.6. The summed E-state index contributed by atoms with van der Waals surface area (Å²) < 4.78 is 67.5. The molecule has 14 nitrogen and oxygen atoms in total. The number of nitrogens with two attached hydrogens (primary N) is 1. The number of piperazine rings is 1. The molecule has 2 aromatic heterocycles. The second kappa shape index (κ2) is 14.2. The fraction of sp³-hybridized carbons (Fsp3) is 0.556. The lowest BCUT2D eigenvalue weighted by Crippen LogP contribution is -2.52. The molecule has 3 amide bonds. The summed E-state index contributed by atoms with van der Waals surface area (Å²) >= 11 is 0. The molecule has 1 aliphatic heterocycles. The molecule has 4 N–H and O–H groups in total. The number of carbonyl (C=O) groups is 3. The Morgan fingerprint density at radius 3 is 2.22 bits per heavy atom. The first-order valence-corrected chi connectivity index (χ1v) is 14.3. The molecule has 19 heteroatoms. The molecular weight excluding hydrogens is 623 g/mol. The maximum Gasteiger partial charge on any atom is 0.453 e. The molecule has 0 spiro atoms. The predicted octanol–water partition coefficient (Wildman–Crippen LogP) is 0.754. The Morgan fingerprint density at radius 1 is 1.09 bits per heavy atom. The number of rotatable bonds is 12. The molecule has 46 heavy (non-hydrogen) atoms. The van der Waals surface area contributed by atoms with Crippen LogP contribution in [-0.2, 0) is 27.3 Å². The summed E-state index contributed by atoms with van der Waals surface area (Å²) in [6.45, 7) is 3.24. The van der Waals surface area contributed by atoms with Gasteiger partial charge in [0.15, 0.2) is 0 Å². The maximum atomic E-state index is 13.8. The van der Waals surface area contributed by atoms with Crippen LogP contribution in [0.2, 0.25) is 0 Å². The second-order valence-electron chi connectivity index (χ2n) is 10.6. The monoisotopic (exact) mass is 660 g/mol. The van der Waals surface area contributed by atoms with Crippen LogP contribution < -0.4 is 31.7 Å². The molecule has 0 bridgehead atoms. The number of fused-ring (bicyclic) bond motifs is 1. The van der Waals surface area contributed by atoms with E-state index in [2.05, 4.69) is 20.7 Å². The second-order valence-corrected chi connectivity index (χ2v) is 10.6. The number of aromatic nitrogens is 4. The van der Waals surface area contributed by atoms with Crippen LogP contribution in [-0.4, -0.2) is 101 Å². The standard InChI is InChI=1S/C27H37F5N10O4/c1-6-16(8-9-26(28,29)27(30,31)32)35-19(43)15-41-18(7-2)20(23(46)42-25(41)36-24(37-42)38(4)5)39-10-12-40(13-11-39)22(45)17(14-34-3)21(33)44/h6,14,34H,7-13,15H2,1-5H3,(H2,33,44)(H,35,43)/b16-6+,17-14+. The fourth-order valence-electron chi connectivity index (χ4n) is 4.87. The molecule has 2 aromatic rings. The third-order valence-corrected chi connectivity index (χ3v) is 7.29. The normalized spacial score (nSPS) is 14.9. The van der Waals surface area contributed by atoms with Gasteiger partial charge in [-0.1, -0.05) is 13.0 Å². The third-order valence-electron chi connectivity index (χ3n) is 7.29. The number of nitrogens with zero attached hydrogens (tertiary/aromatic N) is 7. The van der Waals surface area contributed by atoms with Crippen molar-refractivity contribution < 1.29 is 36.3 Å². The highest BCUT2D eigenvalue weighted by atomic mass is 19.4. The molecule has 3 rings (SSSR count). The number of alkyl halides is 5. The minimum absolute atomic E-state index is 0.00667. The van der Waals surface area contributed by atoms with Crippen LogP contribution >= 0.6 is 0 Å². The maximum absolute atomic E-state index is 13.8. The number of carbonyl (C=O) groups excluding carboxylic acids is 3.